The molecule has 0 atom stereocenters. The molecule has 1 heterocycles. The van der Waals surface area contributed by atoms with Gasteiger partial charge in [-0.25, -0.2) is 4.79 Å². The Labute approximate surface area is 195 Å². The Hall–Kier alpha value is -3.70. The van der Waals surface area contributed by atoms with E-state index in [4.69, 9.17) is 4.74 Å². The summed E-state index contributed by atoms with van der Waals surface area (Å²) in [5.74, 6) is -4.70. The number of rotatable bonds is 5. The maximum Gasteiger partial charge on any atom is 0.420 e. The molecule has 0 bridgehead atoms. The molecule has 0 radical (unpaired) electrons. The van der Waals surface area contributed by atoms with E-state index in [2.05, 4.69) is 9.72 Å². The Morgan fingerprint density at radius 2 is 1.60 bits per heavy atom. The highest BCUT2D eigenvalue weighted by atomic mass is 19.4. The van der Waals surface area contributed by atoms with Crippen molar-refractivity contribution in [2.75, 3.05) is 11.9 Å². The number of hydrogen-bond donors (Lipinski definition) is 2. The lowest BCUT2D eigenvalue weighted by Crippen LogP contribution is -2.25. The number of aromatic amines is 1. The number of amides is 1. The van der Waals surface area contributed by atoms with Crippen molar-refractivity contribution in [1.29, 1.82) is 0 Å². The van der Waals surface area contributed by atoms with E-state index in [1.807, 2.05) is 13.8 Å². The van der Waals surface area contributed by atoms with Gasteiger partial charge in [-0.1, -0.05) is 13.8 Å². The van der Waals surface area contributed by atoms with Crippen LogP contribution in [0.25, 0.3) is 10.9 Å². The van der Waals surface area contributed by atoms with Gasteiger partial charge in [0, 0.05) is 22.8 Å². The normalized spacial score (nSPS) is 12.2. The Morgan fingerprint density at radius 1 is 1.00 bits per heavy atom. The van der Waals surface area contributed by atoms with E-state index in [1.165, 1.54) is 25.1 Å². The molecule has 2 aromatic carbocycles. The molecule has 12 heteroatoms. The van der Waals surface area contributed by atoms with Crippen molar-refractivity contribution in [2.45, 2.75) is 39.0 Å². The third-order valence-corrected chi connectivity index (χ3v) is 4.95. The van der Waals surface area contributed by atoms with Crippen molar-refractivity contribution in [2.24, 2.45) is 0 Å². The summed E-state index contributed by atoms with van der Waals surface area (Å²) in [4.78, 5) is 26.3. The lowest BCUT2D eigenvalue weighted by atomic mass is 10.0. The van der Waals surface area contributed by atoms with Crippen LogP contribution in [0, 0.1) is 0 Å². The lowest BCUT2D eigenvalue weighted by Gasteiger charge is -2.21. The van der Waals surface area contributed by atoms with E-state index in [0.717, 1.165) is 5.56 Å². The number of nitrogens with one attached hydrogen (secondary N) is 2. The van der Waals surface area contributed by atoms with Gasteiger partial charge in [-0.3, -0.25) is 4.79 Å². The molecule has 1 amide bonds. The number of aromatic nitrogens is 1. The molecule has 0 saturated carbocycles. The van der Waals surface area contributed by atoms with Gasteiger partial charge in [0.05, 0.1) is 6.61 Å². The third kappa shape index (κ3) is 5.69. The predicted molar refractivity (Wildman–Crippen MR) is 114 cm³/mol. The van der Waals surface area contributed by atoms with Crippen LogP contribution in [-0.4, -0.2) is 23.5 Å². The quantitative estimate of drug-likeness (QED) is 0.233. The molecule has 3 rings (SSSR count). The molecular formula is C23H20F6N2O4. The van der Waals surface area contributed by atoms with Crippen LogP contribution in [0.5, 0.6) is 11.5 Å². The van der Waals surface area contributed by atoms with Crippen LogP contribution in [0.3, 0.4) is 0 Å². The number of alkyl halides is 6. The number of ether oxygens (including phenoxy) is 2. The van der Waals surface area contributed by atoms with E-state index >= 15 is 0 Å². The van der Waals surface area contributed by atoms with Crippen LogP contribution in [0.4, 0.5) is 32.0 Å². The van der Waals surface area contributed by atoms with Crippen LogP contribution >= 0.6 is 0 Å². The summed E-state index contributed by atoms with van der Waals surface area (Å²) in [6.45, 7) is 4.91. The molecule has 35 heavy (non-hydrogen) atoms. The number of carbonyl (C=O) groups excluding carboxylic acids is 2. The molecule has 0 aliphatic carbocycles. The van der Waals surface area contributed by atoms with Crippen LogP contribution in [-0.2, 0) is 26.7 Å². The van der Waals surface area contributed by atoms with Crippen molar-refractivity contribution < 1.29 is 45.4 Å². The predicted octanol–water partition coefficient (Wildman–Crippen LogP) is 6.62. The zero-order valence-electron chi connectivity index (χ0n) is 18.6. The number of benzene rings is 2. The van der Waals surface area contributed by atoms with Gasteiger partial charge in [0.25, 0.3) is 0 Å². The molecule has 0 unspecified atom stereocenters. The number of carbonyl (C=O) groups is 2. The van der Waals surface area contributed by atoms with Crippen LogP contribution < -0.4 is 10.1 Å². The van der Waals surface area contributed by atoms with E-state index < -0.39 is 46.8 Å². The standard InChI is InChI=1S/C23H20F6N2O4/c1-4-34-21(33)20(32)31-12-7-16(22(24,25)26)19(17(8-12)23(27,28)29)35-13-5-6-18-14(9-13)15(10-30-18)11(2)3/h5-11,30H,4H2,1-3H3,(H,31,32). The van der Waals surface area contributed by atoms with Crippen molar-refractivity contribution in [3.8, 4) is 11.5 Å². The van der Waals surface area contributed by atoms with Crippen molar-refractivity contribution in [3.63, 3.8) is 0 Å². The molecule has 0 fully saturated rings. The second-order valence-electron chi connectivity index (χ2n) is 7.78. The second-order valence-corrected chi connectivity index (χ2v) is 7.78. The van der Waals surface area contributed by atoms with Crippen molar-refractivity contribution in [1.82, 2.24) is 4.98 Å². The fourth-order valence-electron chi connectivity index (χ4n) is 3.39. The average molecular weight is 502 g/mol. The molecule has 2 N–H and O–H groups in total. The first-order chi connectivity index (χ1) is 16.2. The lowest BCUT2D eigenvalue weighted by molar-refractivity contribution is -0.152. The van der Waals surface area contributed by atoms with Crippen LogP contribution in [0.2, 0.25) is 0 Å². The molecule has 0 spiro atoms. The van der Waals surface area contributed by atoms with E-state index in [-0.39, 0.29) is 30.4 Å². The first-order valence-electron chi connectivity index (χ1n) is 10.3. The summed E-state index contributed by atoms with van der Waals surface area (Å²) < 4.78 is 92.6. The highest BCUT2D eigenvalue weighted by Crippen LogP contribution is 2.47. The van der Waals surface area contributed by atoms with Gasteiger partial charge in [0.15, 0.2) is 5.75 Å². The first-order valence-corrected chi connectivity index (χ1v) is 10.3. The van der Waals surface area contributed by atoms with Gasteiger partial charge in [0.1, 0.15) is 16.9 Å². The molecule has 3 aromatic rings. The summed E-state index contributed by atoms with van der Waals surface area (Å²) in [5, 5.41) is 2.29. The van der Waals surface area contributed by atoms with Crippen LogP contribution in [0.15, 0.2) is 36.5 Å². The Bertz CT molecular complexity index is 1230. The fraction of sp³-hybridized carbons (Fsp3) is 0.304. The average Bonchev–Trinajstić information content (AvgIpc) is 3.16. The van der Waals surface area contributed by atoms with Gasteiger partial charge >= 0.3 is 24.2 Å². The van der Waals surface area contributed by atoms with E-state index in [0.29, 0.717) is 10.9 Å². The number of hydrogen-bond acceptors (Lipinski definition) is 4. The summed E-state index contributed by atoms with van der Waals surface area (Å²) in [5.41, 5.74) is -3.05. The minimum Gasteiger partial charge on any atom is -0.459 e. The number of halogens is 6. The smallest absolute Gasteiger partial charge is 0.420 e. The summed E-state index contributed by atoms with van der Waals surface area (Å²) >= 11 is 0. The molecule has 1 aromatic heterocycles. The summed E-state index contributed by atoms with van der Waals surface area (Å²) in [6, 6.07) is 4.58. The third-order valence-electron chi connectivity index (χ3n) is 4.95. The number of fused-ring (bicyclic) bond motifs is 1. The molecule has 188 valence electrons. The summed E-state index contributed by atoms with van der Waals surface area (Å²) in [6.07, 6.45) is -8.88. The van der Waals surface area contributed by atoms with E-state index in [9.17, 15) is 35.9 Å². The largest absolute Gasteiger partial charge is 0.459 e. The second kappa shape index (κ2) is 9.51. The fourth-order valence-corrected chi connectivity index (χ4v) is 3.39. The van der Waals surface area contributed by atoms with Gasteiger partial charge in [-0.2, -0.15) is 26.3 Å². The molecule has 0 aliphatic heterocycles. The SMILES string of the molecule is CCOC(=O)C(=O)Nc1cc(C(F)(F)F)c(Oc2ccc3[nH]cc(C(C)C)c3c2)c(C(F)(F)F)c1. The van der Waals surface area contributed by atoms with Gasteiger partial charge in [-0.15, -0.1) is 0 Å². The minimum atomic E-state index is -5.29. The molecule has 0 saturated heterocycles. The van der Waals surface area contributed by atoms with Crippen molar-refractivity contribution in [3.05, 3.63) is 53.2 Å². The highest BCUT2D eigenvalue weighted by molar-refractivity contribution is 6.37. The van der Waals surface area contributed by atoms with Gasteiger partial charge in [0.2, 0.25) is 0 Å². The number of H-pyrrole nitrogens is 1. The number of esters is 1. The van der Waals surface area contributed by atoms with Gasteiger partial charge < -0.3 is 19.8 Å². The minimum absolute atomic E-state index is 0.0257. The Morgan fingerprint density at radius 3 is 2.11 bits per heavy atom. The summed E-state index contributed by atoms with van der Waals surface area (Å²) in [7, 11) is 0. The molecule has 0 aliphatic rings. The zero-order valence-corrected chi connectivity index (χ0v) is 18.6. The Balaban J connectivity index is 2.14. The monoisotopic (exact) mass is 502 g/mol. The number of anilines is 1. The molecular weight excluding hydrogens is 482 g/mol. The highest BCUT2D eigenvalue weighted by Gasteiger charge is 2.43. The van der Waals surface area contributed by atoms with Crippen LogP contribution in [0.1, 0.15) is 43.4 Å². The zero-order chi connectivity index (χ0) is 26.1. The molecule has 6 nitrogen and oxygen atoms in total. The topological polar surface area (TPSA) is 80.4 Å². The first kappa shape index (κ1) is 25.9. The van der Waals surface area contributed by atoms with Gasteiger partial charge in [-0.05, 0) is 48.7 Å². The Kier molecular flexibility index (Phi) is 7.04. The van der Waals surface area contributed by atoms with Crippen molar-refractivity contribution >= 4 is 28.5 Å². The maximum atomic E-state index is 13.8. The maximum absolute atomic E-state index is 13.8. The van der Waals surface area contributed by atoms with E-state index in [1.54, 1.807) is 11.5 Å².